The summed E-state index contributed by atoms with van der Waals surface area (Å²) < 4.78 is 0. The van der Waals surface area contributed by atoms with Gasteiger partial charge in [-0.1, -0.05) is 6.07 Å². The molecule has 4 nitrogen and oxygen atoms in total. The summed E-state index contributed by atoms with van der Waals surface area (Å²) in [5, 5.41) is 12.0. The van der Waals surface area contributed by atoms with E-state index in [1.165, 1.54) is 17.4 Å². The standard InChI is InChI=1S/C16H17NO3S/c1-8-6-14(21-11(8)4)15(18)17-13-7-12(16(19)20)9(2)5-10(13)3/h5-7H,1-4H3,(H,17,18)(H,19,20). The van der Waals surface area contributed by atoms with E-state index in [2.05, 4.69) is 5.32 Å². The van der Waals surface area contributed by atoms with Crippen molar-refractivity contribution in [3.63, 3.8) is 0 Å². The smallest absolute Gasteiger partial charge is 0.336 e. The molecule has 0 bridgehead atoms. The van der Waals surface area contributed by atoms with E-state index >= 15 is 0 Å². The molecule has 5 heteroatoms. The summed E-state index contributed by atoms with van der Waals surface area (Å²) in [6.07, 6.45) is 0. The maximum Gasteiger partial charge on any atom is 0.336 e. The first kappa shape index (κ1) is 15.3. The normalized spacial score (nSPS) is 10.5. The van der Waals surface area contributed by atoms with Crippen LogP contribution in [0.4, 0.5) is 5.69 Å². The summed E-state index contributed by atoms with van der Waals surface area (Å²) in [7, 11) is 0. The van der Waals surface area contributed by atoms with Gasteiger partial charge in [-0.3, -0.25) is 4.79 Å². The summed E-state index contributed by atoms with van der Waals surface area (Å²) in [6.45, 7) is 7.52. The Balaban J connectivity index is 2.33. The topological polar surface area (TPSA) is 66.4 Å². The molecule has 1 aromatic heterocycles. The fourth-order valence-corrected chi connectivity index (χ4v) is 3.02. The average molecular weight is 303 g/mol. The van der Waals surface area contributed by atoms with Crippen molar-refractivity contribution in [1.82, 2.24) is 0 Å². The van der Waals surface area contributed by atoms with E-state index < -0.39 is 5.97 Å². The van der Waals surface area contributed by atoms with Crippen LogP contribution in [0, 0.1) is 27.7 Å². The SMILES string of the molecule is Cc1cc(C)c(C(=O)O)cc1NC(=O)c1cc(C)c(C)s1. The van der Waals surface area contributed by atoms with Crippen LogP contribution in [0.25, 0.3) is 0 Å². The van der Waals surface area contributed by atoms with Crippen LogP contribution in [-0.4, -0.2) is 17.0 Å². The highest BCUT2D eigenvalue weighted by Gasteiger charge is 2.15. The third-order valence-corrected chi connectivity index (χ3v) is 4.59. The number of carbonyl (C=O) groups excluding carboxylic acids is 1. The first-order chi connectivity index (χ1) is 9.79. The molecule has 0 atom stereocenters. The fourth-order valence-electron chi connectivity index (χ4n) is 2.09. The van der Waals surface area contributed by atoms with Gasteiger partial charge in [-0.05, 0) is 56.5 Å². The highest BCUT2D eigenvalue weighted by atomic mass is 32.1. The van der Waals surface area contributed by atoms with Crippen LogP contribution in [0.2, 0.25) is 0 Å². The van der Waals surface area contributed by atoms with Crippen LogP contribution in [0.15, 0.2) is 18.2 Å². The van der Waals surface area contributed by atoms with Gasteiger partial charge in [-0.25, -0.2) is 4.79 Å². The minimum atomic E-state index is -0.995. The molecule has 0 saturated heterocycles. The van der Waals surface area contributed by atoms with E-state index in [-0.39, 0.29) is 11.5 Å². The van der Waals surface area contributed by atoms with Crippen molar-refractivity contribution in [2.75, 3.05) is 5.32 Å². The summed E-state index contributed by atoms with van der Waals surface area (Å²) >= 11 is 1.43. The lowest BCUT2D eigenvalue weighted by molar-refractivity contribution is 0.0695. The van der Waals surface area contributed by atoms with Crippen molar-refractivity contribution >= 4 is 28.9 Å². The second-order valence-electron chi connectivity index (χ2n) is 5.09. The number of aryl methyl sites for hydroxylation is 4. The number of carbonyl (C=O) groups is 2. The Morgan fingerprint density at radius 2 is 1.67 bits per heavy atom. The number of hydrogen-bond acceptors (Lipinski definition) is 3. The Hall–Kier alpha value is -2.14. The third kappa shape index (κ3) is 3.13. The number of aromatic carboxylic acids is 1. The molecule has 21 heavy (non-hydrogen) atoms. The molecule has 1 aromatic carbocycles. The van der Waals surface area contributed by atoms with Crippen molar-refractivity contribution < 1.29 is 14.7 Å². The van der Waals surface area contributed by atoms with Gasteiger partial charge in [-0.2, -0.15) is 0 Å². The minimum Gasteiger partial charge on any atom is -0.478 e. The lowest BCUT2D eigenvalue weighted by Crippen LogP contribution is -2.12. The largest absolute Gasteiger partial charge is 0.478 e. The molecule has 0 spiro atoms. The van der Waals surface area contributed by atoms with E-state index in [1.807, 2.05) is 26.8 Å². The molecule has 0 aliphatic carbocycles. The highest BCUT2D eigenvalue weighted by molar-refractivity contribution is 7.14. The molecule has 2 N–H and O–H groups in total. The number of thiophene rings is 1. The van der Waals surface area contributed by atoms with Crippen molar-refractivity contribution in [1.29, 1.82) is 0 Å². The first-order valence-corrected chi connectivity index (χ1v) is 7.34. The second-order valence-corrected chi connectivity index (χ2v) is 6.35. The summed E-state index contributed by atoms with van der Waals surface area (Å²) in [4.78, 5) is 25.2. The maximum atomic E-state index is 12.2. The number of rotatable bonds is 3. The first-order valence-electron chi connectivity index (χ1n) is 6.52. The number of benzene rings is 1. The van der Waals surface area contributed by atoms with Gasteiger partial charge in [0.05, 0.1) is 10.4 Å². The number of hydrogen-bond donors (Lipinski definition) is 2. The Kier molecular flexibility index (Phi) is 4.14. The van der Waals surface area contributed by atoms with Gasteiger partial charge in [0.1, 0.15) is 0 Å². The van der Waals surface area contributed by atoms with Gasteiger partial charge < -0.3 is 10.4 Å². The average Bonchev–Trinajstić information content (AvgIpc) is 2.72. The number of anilines is 1. The van der Waals surface area contributed by atoms with Crippen molar-refractivity contribution in [2.45, 2.75) is 27.7 Å². The molecule has 0 aliphatic heterocycles. The van der Waals surface area contributed by atoms with E-state index in [9.17, 15) is 9.59 Å². The molecule has 0 aliphatic rings. The predicted molar refractivity (Wildman–Crippen MR) is 84.6 cm³/mol. The van der Waals surface area contributed by atoms with Gasteiger partial charge in [0.2, 0.25) is 0 Å². The number of carboxylic acid groups (broad SMARTS) is 1. The minimum absolute atomic E-state index is 0.203. The monoisotopic (exact) mass is 303 g/mol. The zero-order chi connectivity index (χ0) is 15.7. The fraction of sp³-hybridized carbons (Fsp3) is 0.250. The molecule has 0 saturated carbocycles. The molecule has 1 amide bonds. The van der Waals surface area contributed by atoms with E-state index in [1.54, 1.807) is 13.0 Å². The Morgan fingerprint density at radius 1 is 1.00 bits per heavy atom. The van der Waals surface area contributed by atoms with Crippen molar-refractivity contribution in [3.8, 4) is 0 Å². The lowest BCUT2D eigenvalue weighted by atomic mass is 10.0. The van der Waals surface area contributed by atoms with Crippen LogP contribution in [0.5, 0.6) is 0 Å². The van der Waals surface area contributed by atoms with Crippen molar-refractivity contribution in [3.05, 3.63) is 50.2 Å². The van der Waals surface area contributed by atoms with Gasteiger partial charge in [0, 0.05) is 10.6 Å². The van der Waals surface area contributed by atoms with Crippen LogP contribution < -0.4 is 5.32 Å². The molecular weight excluding hydrogens is 286 g/mol. The number of nitrogens with one attached hydrogen (secondary N) is 1. The van der Waals surface area contributed by atoms with E-state index in [0.717, 1.165) is 16.0 Å². The third-order valence-electron chi connectivity index (χ3n) is 3.44. The molecule has 2 rings (SSSR count). The van der Waals surface area contributed by atoms with Gasteiger partial charge >= 0.3 is 5.97 Å². The second kappa shape index (κ2) is 5.69. The van der Waals surface area contributed by atoms with Crippen LogP contribution in [0.3, 0.4) is 0 Å². The molecular formula is C16H17NO3S. The Labute approximate surface area is 127 Å². The van der Waals surface area contributed by atoms with Crippen LogP contribution in [0.1, 0.15) is 41.6 Å². The molecule has 0 unspecified atom stereocenters. The number of amides is 1. The zero-order valence-corrected chi connectivity index (χ0v) is 13.2. The van der Waals surface area contributed by atoms with E-state index in [0.29, 0.717) is 16.1 Å². The summed E-state index contributed by atoms with van der Waals surface area (Å²) in [6, 6.07) is 5.12. The Morgan fingerprint density at radius 3 is 2.19 bits per heavy atom. The van der Waals surface area contributed by atoms with Gasteiger partial charge in [0.15, 0.2) is 0 Å². The molecule has 0 fully saturated rings. The Bertz CT molecular complexity index is 712. The molecule has 1 heterocycles. The maximum absolute atomic E-state index is 12.2. The van der Waals surface area contributed by atoms with Crippen molar-refractivity contribution in [2.24, 2.45) is 0 Å². The quantitative estimate of drug-likeness (QED) is 0.902. The van der Waals surface area contributed by atoms with Gasteiger partial charge in [-0.15, -0.1) is 11.3 Å². The molecule has 110 valence electrons. The van der Waals surface area contributed by atoms with E-state index in [4.69, 9.17) is 5.11 Å². The molecule has 2 aromatic rings. The summed E-state index contributed by atoms with van der Waals surface area (Å²) in [5.41, 5.74) is 3.34. The lowest BCUT2D eigenvalue weighted by Gasteiger charge is -2.10. The summed E-state index contributed by atoms with van der Waals surface area (Å²) in [5.74, 6) is -1.20. The van der Waals surface area contributed by atoms with Gasteiger partial charge in [0.25, 0.3) is 5.91 Å². The van der Waals surface area contributed by atoms with Crippen LogP contribution >= 0.6 is 11.3 Å². The zero-order valence-electron chi connectivity index (χ0n) is 12.4. The van der Waals surface area contributed by atoms with Crippen LogP contribution in [-0.2, 0) is 0 Å². The highest BCUT2D eigenvalue weighted by Crippen LogP contribution is 2.24. The number of carboxylic acids is 1. The molecule has 0 radical (unpaired) electrons. The predicted octanol–water partition coefficient (Wildman–Crippen LogP) is 3.93.